The van der Waals surface area contributed by atoms with Crippen molar-refractivity contribution in [2.45, 2.75) is 18.9 Å². The molecule has 3 nitrogen and oxygen atoms in total. The predicted octanol–water partition coefficient (Wildman–Crippen LogP) is 2.45. The topological polar surface area (TPSA) is 32.5 Å². The lowest BCUT2D eigenvalue weighted by Crippen LogP contribution is -2.50. The molecule has 1 atom stereocenters. The van der Waals surface area contributed by atoms with Crippen molar-refractivity contribution in [3.63, 3.8) is 0 Å². The van der Waals surface area contributed by atoms with E-state index in [1.54, 1.807) is 12.1 Å². The first-order chi connectivity index (χ1) is 8.65. The molecule has 0 amide bonds. The molecule has 2 heterocycles. The SMILES string of the molecule is Nc1cc(Br)c(F)cc1N1CCN2CCCC2C1. The summed E-state index contributed by atoms with van der Waals surface area (Å²) >= 11 is 3.17. The molecule has 2 saturated heterocycles. The average Bonchev–Trinajstić information content (AvgIpc) is 2.80. The van der Waals surface area contributed by atoms with E-state index < -0.39 is 0 Å². The highest BCUT2D eigenvalue weighted by molar-refractivity contribution is 9.10. The number of benzene rings is 1. The molecule has 2 N–H and O–H groups in total. The molecule has 0 saturated carbocycles. The van der Waals surface area contributed by atoms with Crippen molar-refractivity contribution in [3.8, 4) is 0 Å². The number of nitrogen functional groups attached to an aromatic ring is 1. The second kappa shape index (κ2) is 4.70. The maximum Gasteiger partial charge on any atom is 0.139 e. The molecule has 5 heteroatoms. The molecule has 0 aliphatic carbocycles. The fourth-order valence-electron chi connectivity index (χ4n) is 3.04. The molecule has 0 bridgehead atoms. The van der Waals surface area contributed by atoms with Crippen LogP contribution in [-0.2, 0) is 0 Å². The molecule has 18 heavy (non-hydrogen) atoms. The number of hydrogen-bond donors (Lipinski definition) is 1. The Labute approximate surface area is 115 Å². The van der Waals surface area contributed by atoms with Gasteiger partial charge in [-0.1, -0.05) is 0 Å². The Hall–Kier alpha value is -0.810. The number of fused-ring (bicyclic) bond motifs is 1. The molecular weight excluding hydrogens is 297 g/mol. The Bertz CT molecular complexity index is 466. The Morgan fingerprint density at radius 3 is 2.94 bits per heavy atom. The van der Waals surface area contributed by atoms with Crippen molar-refractivity contribution in [2.75, 3.05) is 36.8 Å². The van der Waals surface area contributed by atoms with E-state index in [2.05, 4.69) is 25.7 Å². The summed E-state index contributed by atoms with van der Waals surface area (Å²) < 4.78 is 14.1. The summed E-state index contributed by atoms with van der Waals surface area (Å²) in [5, 5.41) is 0. The Kier molecular flexibility index (Phi) is 3.20. The van der Waals surface area contributed by atoms with Crippen LogP contribution in [0.1, 0.15) is 12.8 Å². The first-order valence-corrected chi connectivity index (χ1v) is 7.18. The first kappa shape index (κ1) is 12.2. The lowest BCUT2D eigenvalue weighted by molar-refractivity contribution is 0.231. The summed E-state index contributed by atoms with van der Waals surface area (Å²) in [6.45, 7) is 4.16. The van der Waals surface area contributed by atoms with Crippen molar-refractivity contribution < 1.29 is 4.39 Å². The molecule has 98 valence electrons. The van der Waals surface area contributed by atoms with Gasteiger partial charge in [0, 0.05) is 31.7 Å². The van der Waals surface area contributed by atoms with Crippen molar-refractivity contribution in [1.82, 2.24) is 4.90 Å². The number of piperazine rings is 1. The zero-order valence-electron chi connectivity index (χ0n) is 10.2. The molecule has 0 radical (unpaired) electrons. The minimum Gasteiger partial charge on any atom is -0.397 e. The first-order valence-electron chi connectivity index (χ1n) is 6.38. The zero-order valence-corrected chi connectivity index (χ0v) is 11.8. The van der Waals surface area contributed by atoms with Crippen LogP contribution in [0.4, 0.5) is 15.8 Å². The average molecular weight is 314 g/mol. The van der Waals surface area contributed by atoms with Gasteiger partial charge in [0.25, 0.3) is 0 Å². The summed E-state index contributed by atoms with van der Waals surface area (Å²) in [6.07, 6.45) is 2.53. The third kappa shape index (κ3) is 2.10. The van der Waals surface area contributed by atoms with Crippen molar-refractivity contribution in [1.29, 1.82) is 0 Å². The van der Waals surface area contributed by atoms with Gasteiger partial charge < -0.3 is 10.6 Å². The Balaban J connectivity index is 1.84. The summed E-state index contributed by atoms with van der Waals surface area (Å²) in [6, 6.07) is 3.82. The van der Waals surface area contributed by atoms with Crippen LogP contribution < -0.4 is 10.6 Å². The molecule has 2 fully saturated rings. The molecule has 1 aromatic carbocycles. The van der Waals surface area contributed by atoms with Crippen LogP contribution in [0.3, 0.4) is 0 Å². The van der Waals surface area contributed by atoms with Crippen LogP contribution in [0.25, 0.3) is 0 Å². The second-order valence-corrected chi connectivity index (χ2v) is 5.96. The molecule has 1 unspecified atom stereocenters. The molecular formula is C13H17BrFN3. The molecule has 3 rings (SSSR count). The smallest absolute Gasteiger partial charge is 0.139 e. The van der Waals surface area contributed by atoms with Crippen LogP contribution in [0, 0.1) is 5.82 Å². The van der Waals surface area contributed by atoms with E-state index in [4.69, 9.17) is 5.73 Å². The van der Waals surface area contributed by atoms with Gasteiger partial charge >= 0.3 is 0 Å². The predicted molar refractivity (Wildman–Crippen MR) is 75.3 cm³/mol. The third-order valence-corrected chi connectivity index (χ3v) is 4.61. The second-order valence-electron chi connectivity index (χ2n) is 5.10. The van der Waals surface area contributed by atoms with Gasteiger partial charge in [-0.3, -0.25) is 4.90 Å². The highest BCUT2D eigenvalue weighted by atomic mass is 79.9. The maximum atomic E-state index is 13.6. The number of hydrogen-bond acceptors (Lipinski definition) is 3. The normalized spacial score (nSPS) is 24.3. The van der Waals surface area contributed by atoms with E-state index in [9.17, 15) is 4.39 Å². The van der Waals surface area contributed by atoms with Gasteiger partial charge in [-0.25, -0.2) is 4.39 Å². The number of rotatable bonds is 1. The summed E-state index contributed by atoms with van der Waals surface area (Å²) in [5.41, 5.74) is 7.49. The van der Waals surface area contributed by atoms with Crippen LogP contribution in [0.2, 0.25) is 0 Å². The fourth-order valence-corrected chi connectivity index (χ4v) is 3.40. The van der Waals surface area contributed by atoms with Crippen LogP contribution in [0.5, 0.6) is 0 Å². The van der Waals surface area contributed by atoms with Gasteiger partial charge in [0.2, 0.25) is 0 Å². The molecule has 1 aromatic rings. The van der Waals surface area contributed by atoms with Crippen LogP contribution >= 0.6 is 15.9 Å². The summed E-state index contributed by atoms with van der Waals surface area (Å²) in [5.74, 6) is -0.243. The van der Waals surface area contributed by atoms with E-state index in [0.29, 0.717) is 16.2 Å². The maximum absolute atomic E-state index is 13.6. The van der Waals surface area contributed by atoms with E-state index >= 15 is 0 Å². The third-order valence-electron chi connectivity index (χ3n) is 4.00. The van der Waals surface area contributed by atoms with Gasteiger partial charge in [0.05, 0.1) is 15.8 Å². The Morgan fingerprint density at radius 2 is 2.11 bits per heavy atom. The summed E-state index contributed by atoms with van der Waals surface area (Å²) in [4.78, 5) is 4.75. The fraction of sp³-hybridized carbons (Fsp3) is 0.538. The Morgan fingerprint density at radius 1 is 1.28 bits per heavy atom. The van der Waals surface area contributed by atoms with E-state index in [0.717, 1.165) is 25.3 Å². The molecule has 2 aliphatic rings. The van der Waals surface area contributed by atoms with E-state index in [1.807, 2.05) is 0 Å². The van der Waals surface area contributed by atoms with Crippen LogP contribution in [-0.4, -0.2) is 37.1 Å². The number of halogens is 2. The highest BCUT2D eigenvalue weighted by Gasteiger charge is 2.31. The van der Waals surface area contributed by atoms with E-state index in [1.165, 1.54) is 19.4 Å². The monoisotopic (exact) mass is 313 g/mol. The van der Waals surface area contributed by atoms with Gasteiger partial charge in [-0.15, -0.1) is 0 Å². The van der Waals surface area contributed by atoms with E-state index in [-0.39, 0.29) is 5.82 Å². The number of nitrogens with two attached hydrogens (primary N) is 1. The zero-order chi connectivity index (χ0) is 12.7. The number of anilines is 2. The number of nitrogens with zero attached hydrogens (tertiary/aromatic N) is 2. The summed E-state index contributed by atoms with van der Waals surface area (Å²) in [7, 11) is 0. The molecule has 2 aliphatic heterocycles. The van der Waals surface area contributed by atoms with Crippen LogP contribution in [0.15, 0.2) is 16.6 Å². The van der Waals surface area contributed by atoms with Gasteiger partial charge in [-0.05, 0) is 41.4 Å². The van der Waals surface area contributed by atoms with Crippen molar-refractivity contribution >= 4 is 27.3 Å². The largest absolute Gasteiger partial charge is 0.397 e. The quantitative estimate of drug-likeness (QED) is 0.808. The lowest BCUT2D eigenvalue weighted by Gasteiger charge is -2.39. The van der Waals surface area contributed by atoms with Gasteiger partial charge in [0.1, 0.15) is 5.82 Å². The standard InChI is InChI=1S/C13H17BrFN3/c14-10-6-12(16)13(7-11(10)15)18-5-4-17-3-1-2-9(17)8-18/h6-7,9H,1-5,8,16H2. The minimum absolute atomic E-state index is 0.243. The lowest BCUT2D eigenvalue weighted by atomic mass is 10.1. The van der Waals surface area contributed by atoms with Crippen molar-refractivity contribution in [2.24, 2.45) is 0 Å². The van der Waals surface area contributed by atoms with Crippen molar-refractivity contribution in [3.05, 3.63) is 22.4 Å². The van der Waals surface area contributed by atoms with Gasteiger partial charge in [-0.2, -0.15) is 0 Å². The minimum atomic E-state index is -0.243. The molecule has 0 aromatic heterocycles. The molecule has 0 spiro atoms. The highest BCUT2D eigenvalue weighted by Crippen LogP contribution is 2.32. The van der Waals surface area contributed by atoms with Gasteiger partial charge in [0.15, 0.2) is 0 Å².